The summed E-state index contributed by atoms with van der Waals surface area (Å²) in [4.78, 5) is 97.4. The van der Waals surface area contributed by atoms with E-state index >= 15 is 0 Å². The highest BCUT2D eigenvalue weighted by molar-refractivity contribution is 5.96. The Hall–Kier alpha value is -6.77. The molecule has 0 bridgehead atoms. The van der Waals surface area contributed by atoms with Crippen LogP contribution in [0.3, 0.4) is 0 Å². The number of aliphatic imine (C=N–C) groups is 2. The van der Waals surface area contributed by atoms with Crippen molar-refractivity contribution in [3.05, 3.63) is 71.8 Å². The van der Waals surface area contributed by atoms with Gasteiger partial charge in [0.15, 0.2) is 11.9 Å². The fourth-order valence-corrected chi connectivity index (χ4v) is 5.16. The quantitative estimate of drug-likeness (QED) is 0.0258. The third kappa shape index (κ3) is 19.9. The van der Waals surface area contributed by atoms with Crippen LogP contribution >= 0.6 is 0 Å². The Bertz CT molecular complexity index is 1700. The predicted octanol–water partition coefficient (Wildman–Crippen LogP) is -4.21. The molecule has 21 heteroatoms. The number of hydrogen-bond acceptors (Lipinski definition) is 10. The monoisotopic (exact) mass is 795 g/mol. The van der Waals surface area contributed by atoms with Crippen LogP contribution in [0, 0.1) is 0 Å². The summed E-state index contributed by atoms with van der Waals surface area (Å²) >= 11 is 0. The van der Waals surface area contributed by atoms with Gasteiger partial charge in [-0.15, -0.1) is 0 Å². The first-order chi connectivity index (χ1) is 27.1. The molecule has 310 valence electrons. The number of nitrogens with zero attached hydrogens (tertiary/aromatic N) is 2. The van der Waals surface area contributed by atoms with Crippen molar-refractivity contribution in [3.8, 4) is 0 Å². The molecule has 0 heterocycles. The van der Waals surface area contributed by atoms with E-state index in [-0.39, 0.29) is 57.1 Å². The Balaban J connectivity index is 2.27. The van der Waals surface area contributed by atoms with E-state index in [9.17, 15) is 33.6 Å². The Morgan fingerprint density at radius 3 is 1.51 bits per heavy atom. The van der Waals surface area contributed by atoms with Crippen LogP contribution < -0.4 is 60.6 Å². The molecule has 0 fully saturated rings. The molecule has 0 unspecified atom stereocenters. The summed E-state index contributed by atoms with van der Waals surface area (Å²) in [6, 6.07) is 12.8. The van der Waals surface area contributed by atoms with Crippen molar-refractivity contribution in [2.24, 2.45) is 38.7 Å². The molecule has 2 rings (SSSR count). The van der Waals surface area contributed by atoms with Crippen LogP contribution in [-0.4, -0.2) is 115 Å². The molecule has 0 aliphatic heterocycles. The third-order valence-corrected chi connectivity index (χ3v) is 8.02. The number of rotatable bonds is 25. The van der Waals surface area contributed by atoms with Crippen molar-refractivity contribution in [1.29, 1.82) is 0 Å². The smallest absolute Gasteiger partial charge is 0.322 e. The van der Waals surface area contributed by atoms with Crippen molar-refractivity contribution in [2.75, 3.05) is 32.7 Å². The van der Waals surface area contributed by atoms with Crippen molar-refractivity contribution in [3.63, 3.8) is 0 Å². The van der Waals surface area contributed by atoms with Crippen LogP contribution in [-0.2, 0) is 46.4 Å². The highest BCUT2D eigenvalue weighted by atomic mass is 16.4. The second-order valence-electron chi connectivity index (χ2n) is 12.7. The molecular weight excluding hydrogens is 742 g/mol. The van der Waals surface area contributed by atoms with Gasteiger partial charge < -0.3 is 65.7 Å². The zero-order chi connectivity index (χ0) is 42.2. The lowest BCUT2D eigenvalue weighted by Crippen LogP contribution is -2.58. The summed E-state index contributed by atoms with van der Waals surface area (Å²) in [5, 5.41) is 23.7. The van der Waals surface area contributed by atoms with E-state index in [0.29, 0.717) is 17.5 Å². The van der Waals surface area contributed by atoms with Gasteiger partial charge in [-0.3, -0.25) is 43.5 Å². The lowest BCUT2D eigenvalue weighted by molar-refractivity contribution is -0.138. The summed E-state index contributed by atoms with van der Waals surface area (Å²) in [6.45, 7) is -1.36. The van der Waals surface area contributed by atoms with Crippen molar-refractivity contribution >= 4 is 53.3 Å². The Morgan fingerprint density at radius 2 is 1.00 bits per heavy atom. The largest absolute Gasteiger partial charge is 0.480 e. The minimum absolute atomic E-state index is 0.00936. The predicted molar refractivity (Wildman–Crippen MR) is 211 cm³/mol. The van der Waals surface area contributed by atoms with Crippen molar-refractivity contribution in [1.82, 2.24) is 31.9 Å². The van der Waals surface area contributed by atoms with E-state index in [2.05, 4.69) is 41.9 Å². The Morgan fingerprint density at radius 1 is 0.544 bits per heavy atom. The molecule has 57 heavy (non-hydrogen) atoms. The summed E-state index contributed by atoms with van der Waals surface area (Å²) in [6.07, 6.45) is 0.884. The van der Waals surface area contributed by atoms with Crippen LogP contribution in [0.5, 0.6) is 0 Å². The maximum Gasteiger partial charge on any atom is 0.322 e. The molecule has 0 aliphatic carbocycles. The Kier molecular flexibility index (Phi) is 20.6. The van der Waals surface area contributed by atoms with Gasteiger partial charge in [-0.1, -0.05) is 60.7 Å². The fourth-order valence-electron chi connectivity index (χ4n) is 5.16. The molecule has 0 spiro atoms. The highest BCUT2D eigenvalue weighted by Gasteiger charge is 2.30. The van der Waals surface area contributed by atoms with Gasteiger partial charge in [0.25, 0.3) is 0 Å². The first-order valence-electron chi connectivity index (χ1n) is 18.0. The first-order valence-corrected chi connectivity index (χ1v) is 18.0. The number of carboxylic acid groups (broad SMARTS) is 1. The SMILES string of the molecule is NC(N)=NCCC[C@H](NC(=O)[C@H](Cc1ccccc1)NC(=O)[C@H](Cc1ccccc1)NC(=O)CNC(=O)[C@@H](N)CCCN=C(N)N)C(=O)NCC(=O)NCC(=O)O. The third-order valence-electron chi connectivity index (χ3n) is 8.02. The summed E-state index contributed by atoms with van der Waals surface area (Å²) in [5.41, 5.74) is 28.7. The first kappa shape index (κ1) is 46.4. The molecule has 2 aromatic carbocycles. The summed E-state index contributed by atoms with van der Waals surface area (Å²) in [7, 11) is 0. The van der Waals surface area contributed by atoms with Gasteiger partial charge in [0.05, 0.1) is 19.1 Å². The number of nitrogens with two attached hydrogens (primary N) is 5. The van der Waals surface area contributed by atoms with Crippen LogP contribution in [0.4, 0.5) is 0 Å². The molecule has 0 saturated carbocycles. The van der Waals surface area contributed by atoms with E-state index in [1.54, 1.807) is 60.7 Å². The standard InChI is InChI=1S/C36H53N13O8/c37-24(13-7-15-42-35(38)39)31(54)45-20-29(51)47-26(17-22-9-3-1-4-10-22)33(56)49-27(18-23-11-5-2-6-12-23)34(57)48-25(14-8-16-43-36(40)41)32(55)46-19-28(50)44-21-30(52)53/h1-6,9-12,24-27H,7-8,13-21,37H2,(H,44,50)(H,45,54)(H,46,55)(H,47,51)(H,48,57)(H,49,56)(H,52,53)(H4,38,39,42)(H4,40,41,43)/t24-,25-,26-,27-/m0/s1. The number of guanidine groups is 2. The topological polar surface area (TPSA) is 367 Å². The van der Waals surface area contributed by atoms with E-state index in [1.165, 1.54) is 0 Å². The number of carbonyl (C=O) groups excluding carboxylic acids is 6. The average molecular weight is 796 g/mol. The molecule has 0 saturated heterocycles. The van der Waals surface area contributed by atoms with Crippen molar-refractivity contribution < 1.29 is 38.7 Å². The second-order valence-corrected chi connectivity index (χ2v) is 12.7. The van der Waals surface area contributed by atoms with Crippen LogP contribution in [0.15, 0.2) is 70.6 Å². The summed E-state index contributed by atoms with van der Waals surface area (Å²) in [5.74, 6) is -5.92. The molecule has 4 atom stereocenters. The highest BCUT2D eigenvalue weighted by Crippen LogP contribution is 2.09. The number of benzene rings is 2. The van der Waals surface area contributed by atoms with Gasteiger partial charge >= 0.3 is 5.97 Å². The van der Waals surface area contributed by atoms with E-state index in [1.807, 2.05) is 0 Å². The van der Waals surface area contributed by atoms with Gasteiger partial charge in [-0.25, -0.2) is 0 Å². The molecule has 0 radical (unpaired) electrons. The summed E-state index contributed by atoms with van der Waals surface area (Å²) < 4.78 is 0. The van der Waals surface area contributed by atoms with Gasteiger partial charge in [0, 0.05) is 25.9 Å². The molecule has 2 aromatic rings. The average Bonchev–Trinajstić information content (AvgIpc) is 3.17. The van der Waals surface area contributed by atoms with Crippen LogP contribution in [0.25, 0.3) is 0 Å². The normalized spacial score (nSPS) is 12.6. The zero-order valence-electron chi connectivity index (χ0n) is 31.4. The lowest BCUT2D eigenvalue weighted by atomic mass is 10.0. The number of hydrogen-bond donors (Lipinski definition) is 12. The van der Waals surface area contributed by atoms with Crippen LogP contribution in [0.1, 0.15) is 36.8 Å². The second kappa shape index (κ2) is 25.3. The lowest BCUT2D eigenvalue weighted by Gasteiger charge is -2.26. The zero-order valence-corrected chi connectivity index (χ0v) is 31.4. The maximum atomic E-state index is 14.0. The molecular formula is C36H53N13O8. The maximum absolute atomic E-state index is 14.0. The number of nitrogens with one attached hydrogen (secondary N) is 6. The Labute approximate surface area is 329 Å². The fraction of sp³-hybridized carbons (Fsp3) is 0.417. The molecule has 0 aliphatic rings. The van der Waals surface area contributed by atoms with Gasteiger partial charge in [-0.05, 0) is 36.8 Å². The van der Waals surface area contributed by atoms with Gasteiger partial charge in [0.1, 0.15) is 24.7 Å². The molecule has 17 N–H and O–H groups in total. The number of amides is 6. The minimum Gasteiger partial charge on any atom is -0.480 e. The van der Waals surface area contributed by atoms with E-state index in [4.69, 9.17) is 33.8 Å². The number of aliphatic carboxylic acids is 1. The van der Waals surface area contributed by atoms with Crippen LogP contribution in [0.2, 0.25) is 0 Å². The molecule has 21 nitrogen and oxygen atoms in total. The van der Waals surface area contributed by atoms with Gasteiger partial charge in [0.2, 0.25) is 35.4 Å². The van der Waals surface area contributed by atoms with Crippen molar-refractivity contribution in [2.45, 2.75) is 62.7 Å². The number of carbonyl (C=O) groups is 7. The molecule has 0 aromatic heterocycles. The number of carboxylic acids is 1. The van der Waals surface area contributed by atoms with E-state index < -0.39 is 85.2 Å². The minimum atomic E-state index is -1.28. The van der Waals surface area contributed by atoms with Gasteiger partial charge in [-0.2, -0.15) is 0 Å². The molecule has 6 amide bonds. The van der Waals surface area contributed by atoms with E-state index in [0.717, 1.165) is 0 Å².